The van der Waals surface area contributed by atoms with Crippen molar-refractivity contribution in [3.8, 4) is 0 Å². The van der Waals surface area contributed by atoms with Gasteiger partial charge in [-0.25, -0.2) is 4.68 Å². The summed E-state index contributed by atoms with van der Waals surface area (Å²) in [7, 11) is 0. The number of tetrazole rings is 1. The Kier molecular flexibility index (Phi) is 7.11. The lowest BCUT2D eigenvalue weighted by Crippen LogP contribution is -2.72. The second kappa shape index (κ2) is 8.11. The summed E-state index contributed by atoms with van der Waals surface area (Å²) in [6.45, 7) is -1.17. The average molecular weight is 508 g/mol. The molecule has 0 aliphatic rings. The Morgan fingerprint density at radius 1 is 0.656 bits per heavy atom. The standard InChI is InChI=1S/C13H11F15N4/c1-2-3-4-6-29-30-31-32(6)5-7(14,15)8(16,17)9(18,19)10(20,21)11(22,23)12(24,25)13(26,27)28/h2-5H2,1H3. The summed E-state index contributed by atoms with van der Waals surface area (Å²) in [4.78, 5) is 0. The lowest BCUT2D eigenvalue weighted by Gasteiger charge is -2.41. The maximum Gasteiger partial charge on any atom is 0.460 e. The number of hydrogen-bond acceptors (Lipinski definition) is 3. The number of hydrogen-bond donors (Lipinski definition) is 0. The molecule has 0 bridgehead atoms. The van der Waals surface area contributed by atoms with Crippen molar-refractivity contribution in [3.63, 3.8) is 0 Å². The van der Waals surface area contributed by atoms with Crippen LogP contribution in [0.15, 0.2) is 0 Å². The van der Waals surface area contributed by atoms with Crippen LogP contribution in [0, 0.1) is 0 Å². The Bertz CT molecular complexity index is 783. The zero-order chi connectivity index (χ0) is 25.6. The predicted molar refractivity (Wildman–Crippen MR) is 72.2 cm³/mol. The molecule has 0 spiro atoms. The molecule has 1 rings (SSSR count). The molecule has 0 aliphatic carbocycles. The Balaban J connectivity index is 3.45. The largest absolute Gasteiger partial charge is 0.460 e. The van der Waals surface area contributed by atoms with Crippen molar-refractivity contribution in [2.75, 3.05) is 0 Å². The third-order valence-electron chi connectivity index (χ3n) is 4.10. The first-order chi connectivity index (χ1) is 14.0. The minimum absolute atomic E-state index is 0.134. The van der Waals surface area contributed by atoms with Crippen LogP contribution in [0.5, 0.6) is 0 Å². The quantitative estimate of drug-likeness (QED) is 0.399. The van der Waals surface area contributed by atoms with Crippen LogP contribution in [0.25, 0.3) is 0 Å². The van der Waals surface area contributed by atoms with Crippen LogP contribution in [0.3, 0.4) is 0 Å². The number of rotatable bonds is 10. The lowest BCUT2D eigenvalue weighted by atomic mass is 9.91. The molecule has 0 atom stereocenters. The van der Waals surface area contributed by atoms with Gasteiger partial charge in [0.2, 0.25) is 0 Å². The van der Waals surface area contributed by atoms with Crippen molar-refractivity contribution in [2.45, 2.75) is 74.4 Å². The van der Waals surface area contributed by atoms with E-state index in [1.54, 1.807) is 6.92 Å². The van der Waals surface area contributed by atoms with E-state index in [9.17, 15) is 65.9 Å². The fraction of sp³-hybridized carbons (Fsp3) is 0.923. The molecule has 1 heterocycles. The van der Waals surface area contributed by atoms with E-state index in [1.807, 2.05) is 0 Å². The zero-order valence-corrected chi connectivity index (χ0v) is 15.3. The molecular weight excluding hydrogens is 497 g/mol. The van der Waals surface area contributed by atoms with Gasteiger partial charge in [0.25, 0.3) is 0 Å². The van der Waals surface area contributed by atoms with E-state index in [-0.39, 0.29) is 17.5 Å². The fourth-order valence-corrected chi connectivity index (χ4v) is 2.15. The fourth-order valence-electron chi connectivity index (χ4n) is 2.15. The van der Waals surface area contributed by atoms with E-state index in [4.69, 9.17) is 0 Å². The smallest absolute Gasteiger partial charge is 0.223 e. The monoisotopic (exact) mass is 508 g/mol. The van der Waals surface area contributed by atoms with Gasteiger partial charge in [-0.15, -0.1) is 5.10 Å². The highest BCUT2D eigenvalue weighted by Crippen LogP contribution is 2.62. The van der Waals surface area contributed by atoms with Crippen molar-refractivity contribution in [3.05, 3.63) is 5.82 Å². The predicted octanol–water partition coefficient (Wildman–Crippen LogP) is 5.39. The van der Waals surface area contributed by atoms with Crippen molar-refractivity contribution < 1.29 is 65.9 Å². The Morgan fingerprint density at radius 3 is 1.53 bits per heavy atom. The molecule has 0 amide bonds. The van der Waals surface area contributed by atoms with Crippen molar-refractivity contribution in [1.82, 2.24) is 20.2 Å². The van der Waals surface area contributed by atoms with Gasteiger partial charge < -0.3 is 0 Å². The molecule has 0 unspecified atom stereocenters. The average Bonchev–Trinajstić information content (AvgIpc) is 3.04. The third-order valence-corrected chi connectivity index (χ3v) is 4.10. The van der Waals surface area contributed by atoms with Crippen LogP contribution in [-0.2, 0) is 13.0 Å². The van der Waals surface area contributed by atoms with E-state index in [2.05, 4.69) is 15.5 Å². The molecule has 4 nitrogen and oxygen atoms in total. The topological polar surface area (TPSA) is 43.6 Å². The number of alkyl halides is 15. The summed E-state index contributed by atoms with van der Waals surface area (Å²) in [5, 5.41) is 8.55. The number of aryl methyl sites for hydroxylation is 1. The van der Waals surface area contributed by atoms with E-state index in [1.165, 1.54) is 0 Å². The highest BCUT2D eigenvalue weighted by Gasteiger charge is 2.93. The highest BCUT2D eigenvalue weighted by molar-refractivity contribution is 5.13. The van der Waals surface area contributed by atoms with Gasteiger partial charge >= 0.3 is 41.7 Å². The maximum absolute atomic E-state index is 13.9. The molecule has 0 fully saturated rings. The molecule has 19 heteroatoms. The molecule has 0 radical (unpaired) electrons. The molecule has 0 saturated heterocycles. The second-order valence-corrected chi connectivity index (χ2v) is 6.43. The maximum atomic E-state index is 13.9. The SMILES string of the molecule is CCCCc1nnnn1CC(F)(F)C(F)(F)C(F)(F)C(F)(F)C(F)(F)C(F)(F)C(F)(F)F. The molecule has 0 N–H and O–H groups in total. The molecule has 0 aromatic carbocycles. The number of unbranched alkanes of at least 4 members (excludes halogenated alkanes) is 1. The first kappa shape index (κ1) is 28.1. The van der Waals surface area contributed by atoms with Crippen molar-refractivity contribution >= 4 is 0 Å². The summed E-state index contributed by atoms with van der Waals surface area (Å²) in [6.07, 6.45) is -7.45. The van der Waals surface area contributed by atoms with Gasteiger partial charge in [0.15, 0.2) is 5.82 Å². The van der Waals surface area contributed by atoms with Gasteiger partial charge in [-0.3, -0.25) is 0 Å². The number of aromatic nitrogens is 4. The summed E-state index contributed by atoms with van der Waals surface area (Å²) < 4.78 is 197. The second-order valence-electron chi connectivity index (χ2n) is 6.43. The summed E-state index contributed by atoms with van der Waals surface area (Å²) >= 11 is 0. The van der Waals surface area contributed by atoms with E-state index in [0.29, 0.717) is 6.42 Å². The molecule has 1 aromatic rings. The summed E-state index contributed by atoms with van der Waals surface area (Å²) in [5.41, 5.74) is 0. The zero-order valence-electron chi connectivity index (χ0n) is 15.3. The molecule has 1 aromatic heterocycles. The Hall–Kier alpha value is -1.98. The van der Waals surface area contributed by atoms with Gasteiger partial charge in [0, 0.05) is 6.42 Å². The minimum Gasteiger partial charge on any atom is -0.223 e. The van der Waals surface area contributed by atoms with Crippen molar-refractivity contribution in [2.24, 2.45) is 0 Å². The van der Waals surface area contributed by atoms with Crippen LogP contribution in [0.1, 0.15) is 25.6 Å². The van der Waals surface area contributed by atoms with E-state index >= 15 is 0 Å². The lowest BCUT2D eigenvalue weighted by molar-refractivity contribution is -0.453. The Labute approximate surface area is 167 Å². The van der Waals surface area contributed by atoms with Crippen LogP contribution in [0.2, 0.25) is 0 Å². The van der Waals surface area contributed by atoms with E-state index in [0.717, 1.165) is 0 Å². The van der Waals surface area contributed by atoms with Crippen molar-refractivity contribution in [1.29, 1.82) is 0 Å². The molecule has 0 saturated carbocycles. The Morgan fingerprint density at radius 2 is 1.09 bits per heavy atom. The molecule has 0 aliphatic heterocycles. The summed E-state index contributed by atoms with van der Waals surface area (Å²) in [6, 6.07) is 0. The summed E-state index contributed by atoms with van der Waals surface area (Å²) in [5.74, 6) is -47.3. The molecular formula is C13H11F15N4. The van der Waals surface area contributed by atoms with Crippen LogP contribution >= 0.6 is 0 Å². The van der Waals surface area contributed by atoms with Gasteiger partial charge in [-0.2, -0.15) is 65.9 Å². The van der Waals surface area contributed by atoms with Gasteiger partial charge in [-0.05, 0) is 16.8 Å². The minimum atomic E-state index is -8.31. The van der Waals surface area contributed by atoms with E-state index < -0.39 is 54.1 Å². The van der Waals surface area contributed by atoms with Crippen LogP contribution < -0.4 is 0 Å². The van der Waals surface area contributed by atoms with Crippen LogP contribution in [-0.4, -0.2) is 61.9 Å². The first-order valence-electron chi connectivity index (χ1n) is 8.11. The van der Waals surface area contributed by atoms with Crippen LogP contribution in [0.4, 0.5) is 65.9 Å². The van der Waals surface area contributed by atoms with Gasteiger partial charge in [0.05, 0.1) is 0 Å². The number of halogens is 15. The van der Waals surface area contributed by atoms with Gasteiger partial charge in [0.1, 0.15) is 6.54 Å². The highest BCUT2D eigenvalue weighted by atomic mass is 19.4. The third kappa shape index (κ3) is 4.06. The molecule has 188 valence electrons. The van der Waals surface area contributed by atoms with Gasteiger partial charge in [-0.1, -0.05) is 13.3 Å². The number of nitrogens with zero attached hydrogens (tertiary/aromatic N) is 4. The normalized spacial score (nSPS) is 15.4. The first-order valence-corrected chi connectivity index (χ1v) is 8.11. The molecule has 32 heavy (non-hydrogen) atoms.